The normalized spacial score (nSPS) is 11.7. The second-order valence-electron chi connectivity index (χ2n) is 9.28. The molecule has 0 spiro atoms. The number of halogens is 2. The molecule has 3 rings (SSSR count). The van der Waals surface area contributed by atoms with Crippen molar-refractivity contribution in [2.75, 3.05) is 13.2 Å². The Balaban J connectivity index is 1.88. The number of hydrogen-bond donors (Lipinski definition) is 1. The monoisotopic (exact) mass is 628 g/mol. The second kappa shape index (κ2) is 14.3. The maximum atomic E-state index is 13.7. The standard InChI is InChI=1S/C30H34Br2N2O3/c1-4-16-33-30(36)27(17-22-8-6-5-7-9-22)34(19-23-10-13-25(31)14-11-23)29(35)20-37-28-15-12-24(21(2)3)18-26(28)32/h5-15,18,21,27H,4,16-17,19-20H2,1-3H3,(H,33,36)/t27-/m1/s1. The van der Waals surface area contributed by atoms with E-state index in [9.17, 15) is 9.59 Å². The van der Waals surface area contributed by atoms with E-state index in [0.29, 0.717) is 31.2 Å². The van der Waals surface area contributed by atoms with Crippen LogP contribution in [-0.2, 0) is 22.6 Å². The van der Waals surface area contributed by atoms with Gasteiger partial charge in [0.25, 0.3) is 5.91 Å². The maximum Gasteiger partial charge on any atom is 0.261 e. The molecule has 0 unspecified atom stereocenters. The zero-order chi connectivity index (χ0) is 26.8. The molecule has 1 N–H and O–H groups in total. The molecule has 0 aliphatic heterocycles. The molecule has 37 heavy (non-hydrogen) atoms. The van der Waals surface area contributed by atoms with Gasteiger partial charge in [-0.25, -0.2) is 0 Å². The number of carbonyl (C=O) groups is 2. The highest BCUT2D eigenvalue weighted by atomic mass is 79.9. The van der Waals surface area contributed by atoms with Crippen LogP contribution < -0.4 is 10.1 Å². The molecule has 7 heteroatoms. The fourth-order valence-corrected chi connectivity index (χ4v) is 4.70. The highest BCUT2D eigenvalue weighted by molar-refractivity contribution is 9.10. The van der Waals surface area contributed by atoms with Crippen molar-refractivity contribution in [2.45, 2.75) is 52.1 Å². The molecule has 0 aliphatic carbocycles. The van der Waals surface area contributed by atoms with Crippen LogP contribution in [0.5, 0.6) is 5.75 Å². The zero-order valence-electron chi connectivity index (χ0n) is 21.5. The SMILES string of the molecule is CCCNC(=O)[C@@H](Cc1ccccc1)N(Cc1ccc(Br)cc1)C(=O)COc1ccc(C(C)C)cc1Br. The van der Waals surface area contributed by atoms with Gasteiger partial charge in [-0.15, -0.1) is 0 Å². The lowest BCUT2D eigenvalue weighted by Gasteiger charge is -2.31. The number of ether oxygens (including phenoxy) is 1. The summed E-state index contributed by atoms with van der Waals surface area (Å²) in [6.07, 6.45) is 1.22. The molecule has 0 saturated heterocycles. The first-order valence-electron chi connectivity index (χ1n) is 12.6. The molecule has 0 bridgehead atoms. The smallest absolute Gasteiger partial charge is 0.261 e. The van der Waals surface area contributed by atoms with Gasteiger partial charge in [0.2, 0.25) is 5.91 Å². The van der Waals surface area contributed by atoms with Gasteiger partial charge in [0.15, 0.2) is 6.61 Å². The minimum absolute atomic E-state index is 0.168. The summed E-state index contributed by atoms with van der Waals surface area (Å²) in [6, 6.07) is 22.8. The topological polar surface area (TPSA) is 58.6 Å². The minimum Gasteiger partial charge on any atom is -0.483 e. The summed E-state index contributed by atoms with van der Waals surface area (Å²) in [5.74, 6) is 0.555. The van der Waals surface area contributed by atoms with Gasteiger partial charge >= 0.3 is 0 Å². The number of benzene rings is 3. The highest BCUT2D eigenvalue weighted by Crippen LogP contribution is 2.29. The Morgan fingerprint density at radius 1 is 0.946 bits per heavy atom. The van der Waals surface area contributed by atoms with Crippen molar-refractivity contribution in [1.29, 1.82) is 0 Å². The van der Waals surface area contributed by atoms with Gasteiger partial charge in [0.05, 0.1) is 4.47 Å². The molecule has 0 saturated carbocycles. The molecule has 3 aromatic rings. The Bertz CT molecular complexity index is 1170. The van der Waals surface area contributed by atoms with Crippen LogP contribution in [0.3, 0.4) is 0 Å². The second-order valence-corrected chi connectivity index (χ2v) is 11.0. The number of amides is 2. The van der Waals surface area contributed by atoms with Gasteiger partial charge in [-0.1, -0.05) is 85.2 Å². The van der Waals surface area contributed by atoms with Gasteiger partial charge in [-0.2, -0.15) is 0 Å². The minimum atomic E-state index is -0.680. The molecule has 5 nitrogen and oxygen atoms in total. The van der Waals surface area contributed by atoms with Crippen molar-refractivity contribution in [3.05, 3.63) is 98.4 Å². The summed E-state index contributed by atoms with van der Waals surface area (Å²) < 4.78 is 7.71. The molecule has 3 aromatic carbocycles. The van der Waals surface area contributed by atoms with Crippen LogP contribution in [0.25, 0.3) is 0 Å². The van der Waals surface area contributed by atoms with Crippen LogP contribution in [0.4, 0.5) is 0 Å². The molecule has 2 amide bonds. The van der Waals surface area contributed by atoms with Crippen molar-refractivity contribution in [3.63, 3.8) is 0 Å². The van der Waals surface area contributed by atoms with Gasteiger partial charge in [0.1, 0.15) is 11.8 Å². The van der Waals surface area contributed by atoms with E-state index in [2.05, 4.69) is 51.0 Å². The van der Waals surface area contributed by atoms with E-state index in [1.54, 1.807) is 4.90 Å². The third-order valence-corrected chi connectivity index (χ3v) is 7.21. The summed E-state index contributed by atoms with van der Waals surface area (Å²) in [5.41, 5.74) is 3.10. The van der Waals surface area contributed by atoms with E-state index >= 15 is 0 Å². The predicted molar refractivity (Wildman–Crippen MR) is 156 cm³/mol. The summed E-state index contributed by atoms with van der Waals surface area (Å²) >= 11 is 7.04. The van der Waals surface area contributed by atoms with Crippen molar-refractivity contribution in [2.24, 2.45) is 0 Å². The van der Waals surface area contributed by atoms with Gasteiger partial charge in [-0.3, -0.25) is 9.59 Å². The lowest BCUT2D eigenvalue weighted by molar-refractivity contribution is -0.142. The molecule has 0 aromatic heterocycles. The molecule has 196 valence electrons. The van der Waals surface area contributed by atoms with Crippen molar-refractivity contribution in [1.82, 2.24) is 10.2 Å². The van der Waals surface area contributed by atoms with Gasteiger partial charge < -0.3 is 15.0 Å². The predicted octanol–water partition coefficient (Wildman–Crippen LogP) is 6.88. The van der Waals surface area contributed by atoms with E-state index < -0.39 is 6.04 Å². The molecule has 1 atom stereocenters. The van der Waals surface area contributed by atoms with Crippen LogP contribution in [0.1, 0.15) is 49.8 Å². The molecule has 0 radical (unpaired) electrons. The summed E-state index contributed by atoms with van der Waals surface area (Å²) in [5, 5.41) is 2.99. The van der Waals surface area contributed by atoms with Crippen LogP contribution in [-0.4, -0.2) is 35.9 Å². The van der Waals surface area contributed by atoms with E-state index in [-0.39, 0.29) is 18.4 Å². The van der Waals surface area contributed by atoms with Crippen molar-refractivity contribution >= 4 is 43.7 Å². The third-order valence-electron chi connectivity index (χ3n) is 6.06. The Kier molecular flexibility index (Phi) is 11.2. The Hall–Kier alpha value is -2.64. The Morgan fingerprint density at radius 2 is 1.65 bits per heavy atom. The van der Waals surface area contributed by atoms with E-state index in [1.165, 1.54) is 5.56 Å². The van der Waals surface area contributed by atoms with E-state index in [4.69, 9.17) is 4.74 Å². The first-order chi connectivity index (χ1) is 17.8. The first-order valence-corrected chi connectivity index (χ1v) is 14.1. The van der Waals surface area contributed by atoms with E-state index in [1.807, 2.05) is 79.7 Å². The summed E-state index contributed by atoms with van der Waals surface area (Å²) in [4.78, 5) is 28.7. The van der Waals surface area contributed by atoms with Crippen LogP contribution in [0, 0.1) is 0 Å². The molecule has 0 heterocycles. The maximum absolute atomic E-state index is 13.7. The number of rotatable bonds is 12. The highest BCUT2D eigenvalue weighted by Gasteiger charge is 2.30. The number of hydrogen-bond acceptors (Lipinski definition) is 3. The van der Waals surface area contributed by atoms with Crippen molar-refractivity contribution < 1.29 is 14.3 Å². The average molecular weight is 630 g/mol. The average Bonchev–Trinajstić information content (AvgIpc) is 2.90. The molecule has 0 aliphatic rings. The number of carbonyl (C=O) groups excluding carboxylic acids is 2. The molecular weight excluding hydrogens is 596 g/mol. The summed E-state index contributed by atoms with van der Waals surface area (Å²) in [7, 11) is 0. The summed E-state index contributed by atoms with van der Waals surface area (Å²) in [6.45, 7) is 6.93. The number of nitrogens with one attached hydrogen (secondary N) is 1. The van der Waals surface area contributed by atoms with Crippen LogP contribution in [0.2, 0.25) is 0 Å². The fourth-order valence-electron chi connectivity index (χ4n) is 3.92. The number of nitrogens with zero attached hydrogens (tertiary/aromatic N) is 1. The Morgan fingerprint density at radius 3 is 2.27 bits per heavy atom. The third kappa shape index (κ3) is 8.71. The molecular formula is C30H34Br2N2O3. The van der Waals surface area contributed by atoms with Crippen LogP contribution in [0.15, 0.2) is 81.7 Å². The van der Waals surface area contributed by atoms with Gasteiger partial charge in [0, 0.05) is 24.0 Å². The van der Waals surface area contributed by atoms with E-state index in [0.717, 1.165) is 26.5 Å². The van der Waals surface area contributed by atoms with Crippen LogP contribution >= 0.6 is 31.9 Å². The van der Waals surface area contributed by atoms with Gasteiger partial charge in [-0.05, 0) is 69.2 Å². The zero-order valence-corrected chi connectivity index (χ0v) is 24.7. The lowest BCUT2D eigenvalue weighted by atomic mass is 10.0. The quantitative estimate of drug-likeness (QED) is 0.238. The van der Waals surface area contributed by atoms with Crippen molar-refractivity contribution in [3.8, 4) is 5.75 Å². The largest absolute Gasteiger partial charge is 0.483 e. The fraction of sp³-hybridized carbons (Fsp3) is 0.333. The first kappa shape index (κ1) is 28.9. The lowest BCUT2D eigenvalue weighted by Crippen LogP contribution is -2.51. The Labute approximate surface area is 236 Å². The molecule has 0 fully saturated rings.